The average molecular weight is 327 g/mol. The van der Waals surface area contributed by atoms with Gasteiger partial charge >= 0.3 is 12.1 Å². The molecule has 3 rings (SSSR count). The molecule has 1 amide bonds. The normalized spacial score (nSPS) is 27.1. The van der Waals surface area contributed by atoms with Gasteiger partial charge in [-0.3, -0.25) is 4.79 Å². The highest BCUT2D eigenvalue weighted by atomic mass is 19.4. The molecule has 1 N–H and O–H groups in total. The lowest BCUT2D eigenvalue weighted by Crippen LogP contribution is -2.41. The Balaban J connectivity index is 1.78. The Labute approximate surface area is 130 Å². The van der Waals surface area contributed by atoms with Crippen molar-refractivity contribution in [2.75, 3.05) is 6.54 Å². The highest BCUT2D eigenvalue weighted by Gasteiger charge is 2.51. The van der Waals surface area contributed by atoms with Gasteiger partial charge in [0.25, 0.3) is 0 Å². The molecule has 0 radical (unpaired) electrons. The monoisotopic (exact) mass is 327 g/mol. The summed E-state index contributed by atoms with van der Waals surface area (Å²) in [6.45, 7) is 0.361. The summed E-state index contributed by atoms with van der Waals surface area (Å²) in [6, 6.07) is 4.43. The van der Waals surface area contributed by atoms with Crippen LogP contribution in [0.25, 0.3) is 0 Å². The second-order valence-electron chi connectivity index (χ2n) is 6.06. The Morgan fingerprint density at radius 2 is 1.91 bits per heavy atom. The molecule has 23 heavy (non-hydrogen) atoms. The van der Waals surface area contributed by atoms with Crippen LogP contribution < -0.4 is 0 Å². The van der Waals surface area contributed by atoms with Gasteiger partial charge in [0.2, 0.25) is 5.91 Å². The summed E-state index contributed by atoms with van der Waals surface area (Å²) in [4.78, 5) is 24.9. The van der Waals surface area contributed by atoms with Crippen LogP contribution >= 0.6 is 0 Å². The fourth-order valence-corrected chi connectivity index (χ4v) is 3.39. The molecule has 0 spiro atoms. The lowest BCUT2D eigenvalue weighted by atomic mass is 10.0. The number of aliphatic carboxylic acids is 1. The third-order valence-electron chi connectivity index (χ3n) is 4.59. The predicted molar refractivity (Wildman–Crippen MR) is 74.7 cm³/mol. The number of hydrogen-bond acceptors (Lipinski definition) is 2. The summed E-state index contributed by atoms with van der Waals surface area (Å²) >= 11 is 0. The minimum Gasteiger partial charge on any atom is -0.480 e. The molecular weight excluding hydrogens is 311 g/mol. The summed E-state index contributed by atoms with van der Waals surface area (Å²) < 4.78 is 39.2. The van der Waals surface area contributed by atoms with E-state index in [9.17, 15) is 22.8 Å². The van der Waals surface area contributed by atoms with Crippen molar-refractivity contribution >= 4 is 11.9 Å². The van der Waals surface area contributed by atoms with Gasteiger partial charge in [-0.25, -0.2) is 4.79 Å². The Morgan fingerprint density at radius 1 is 1.22 bits per heavy atom. The van der Waals surface area contributed by atoms with Crippen LogP contribution in [0.3, 0.4) is 0 Å². The maximum atomic E-state index is 13.1. The molecule has 1 saturated heterocycles. The van der Waals surface area contributed by atoms with Crippen LogP contribution in [-0.2, 0) is 15.8 Å². The van der Waals surface area contributed by atoms with Crippen LogP contribution in [0.2, 0.25) is 0 Å². The van der Waals surface area contributed by atoms with Gasteiger partial charge in [-0.2, -0.15) is 13.2 Å². The van der Waals surface area contributed by atoms with Gasteiger partial charge in [-0.15, -0.1) is 0 Å². The second-order valence-corrected chi connectivity index (χ2v) is 6.06. The molecule has 2 fully saturated rings. The van der Waals surface area contributed by atoms with Gasteiger partial charge in [0.15, 0.2) is 0 Å². The Kier molecular flexibility index (Phi) is 3.82. The number of carboxylic acid groups (broad SMARTS) is 1. The lowest BCUT2D eigenvalue weighted by molar-refractivity contribution is -0.148. The molecule has 0 bridgehead atoms. The Bertz CT molecular complexity index is 644. The minimum absolute atomic E-state index is 0.129. The van der Waals surface area contributed by atoms with Crippen LogP contribution in [0, 0.1) is 5.92 Å². The zero-order valence-electron chi connectivity index (χ0n) is 12.2. The quantitative estimate of drug-likeness (QED) is 0.929. The van der Waals surface area contributed by atoms with Crippen molar-refractivity contribution in [1.29, 1.82) is 0 Å². The van der Waals surface area contributed by atoms with Gasteiger partial charge < -0.3 is 10.0 Å². The zero-order chi connectivity index (χ0) is 16.8. The van der Waals surface area contributed by atoms with Gasteiger partial charge in [0.1, 0.15) is 6.04 Å². The van der Waals surface area contributed by atoms with E-state index in [1.807, 2.05) is 0 Å². The van der Waals surface area contributed by atoms with Crippen LogP contribution in [0.5, 0.6) is 0 Å². The number of alkyl halides is 3. The van der Waals surface area contributed by atoms with Crippen LogP contribution in [0.1, 0.15) is 36.3 Å². The minimum atomic E-state index is -4.45. The first kappa shape index (κ1) is 15.8. The topological polar surface area (TPSA) is 57.6 Å². The van der Waals surface area contributed by atoms with Crippen molar-refractivity contribution in [2.24, 2.45) is 5.92 Å². The van der Waals surface area contributed by atoms with E-state index >= 15 is 0 Å². The highest BCUT2D eigenvalue weighted by Crippen LogP contribution is 2.52. The van der Waals surface area contributed by atoms with E-state index in [4.69, 9.17) is 5.11 Å². The first-order valence-electron chi connectivity index (χ1n) is 7.50. The van der Waals surface area contributed by atoms with Crippen LogP contribution in [0.4, 0.5) is 13.2 Å². The van der Waals surface area contributed by atoms with Gasteiger partial charge in [-0.05, 0) is 36.8 Å². The van der Waals surface area contributed by atoms with E-state index in [-0.39, 0.29) is 11.5 Å². The van der Waals surface area contributed by atoms with Crippen LogP contribution in [0.15, 0.2) is 24.3 Å². The summed E-state index contributed by atoms with van der Waals surface area (Å²) in [5, 5.41) is 9.13. The molecule has 4 nitrogen and oxygen atoms in total. The summed E-state index contributed by atoms with van der Waals surface area (Å²) in [5.74, 6) is -2.41. The molecule has 3 atom stereocenters. The highest BCUT2D eigenvalue weighted by molar-refractivity contribution is 5.88. The lowest BCUT2D eigenvalue weighted by Gasteiger charge is -2.21. The van der Waals surface area contributed by atoms with Crippen molar-refractivity contribution in [2.45, 2.75) is 37.4 Å². The fraction of sp³-hybridized carbons (Fsp3) is 0.500. The van der Waals surface area contributed by atoms with Crippen molar-refractivity contribution in [3.8, 4) is 0 Å². The number of halogens is 3. The third kappa shape index (κ3) is 2.92. The van der Waals surface area contributed by atoms with Crippen molar-refractivity contribution in [1.82, 2.24) is 4.90 Å². The number of likely N-dealkylation sites (tertiary alicyclic amines) is 1. The number of rotatable bonds is 3. The van der Waals surface area contributed by atoms with E-state index in [0.29, 0.717) is 25.8 Å². The predicted octanol–water partition coefficient (Wildman–Crippen LogP) is 2.88. The molecule has 1 saturated carbocycles. The number of amides is 1. The first-order chi connectivity index (χ1) is 10.8. The fourth-order valence-electron chi connectivity index (χ4n) is 3.39. The molecule has 2 aliphatic rings. The molecule has 7 heteroatoms. The Hall–Kier alpha value is -2.05. The van der Waals surface area contributed by atoms with Crippen LogP contribution in [-0.4, -0.2) is 34.5 Å². The molecule has 124 valence electrons. The molecule has 0 unspecified atom stereocenters. The largest absolute Gasteiger partial charge is 0.480 e. The zero-order valence-corrected chi connectivity index (χ0v) is 12.2. The third-order valence-corrected chi connectivity index (χ3v) is 4.59. The van der Waals surface area contributed by atoms with Gasteiger partial charge in [0.05, 0.1) is 5.56 Å². The second kappa shape index (κ2) is 5.54. The molecule has 1 heterocycles. The first-order valence-corrected chi connectivity index (χ1v) is 7.50. The average Bonchev–Trinajstić information content (AvgIpc) is 3.13. The number of benzene rings is 1. The SMILES string of the molecule is O=C(O)[C@H]1CCCN1C(=O)[C@H]1C[C@@H]1c1ccccc1C(F)(F)F. The van der Waals surface area contributed by atoms with E-state index in [1.54, 1.807) is 0 Å². The smallest absolute Gasteiger partial charge is 0.416 e. The number of carbonyl (C=O) groups is 2. The standard InChI is InChI=1S/C16H16F3NO3/c17-16(18,19)12-5-2-1-4-9(12)10-8-11(10)14(21)20-7-3-6-13(20)15(22)23/h1-2,4-5,10-11,13H,3,6-8H2,(H,22,23)/t10-,11+,13-/m1/s1. The summed E-state index contributed by atoms with van der Waals surface area (Å²) in [5.41, 5.74) is -0.582. The van der Waals surface area contributed by atoms with Gasteiger partial charge in [-0.1, -0.05) is 18.2 Å². The molecular formula is C16H16F3NO3. The molecule has 1 aliphatic carbocycles. The summed E-state index contributed by atoms with van der Waals surface area (Å²) in [6.07, 6.45) is -3.10. The number of nitrogens with zero attached hydrogens (tertiary/aromatic N) is 1. The number of carbonyl (C=O) groups excluding carboxylic acids is 1. The van der Waals surface area contributed by atoms with E-state index in [2.05, 4.69) is 0 Å². The van der Waals surface area contributed by atoms with Crippen molar-refractivity contribution < 1.29 is 27.9 Å². The van der Waals surface area contributed by atoms with Gasteiger partial charge in [0, 0.05) is 12.5 Å². The van der Waals surface area contributed by atoms with Crippen molar-refractivity contribution in [3.05, 3.63) is 35.4 Å². The summed E-state index contributed by atoms with van der Waals surface area (Å²) in [7, 11) is 0. The maximum absolute atomic E-state index is 13.1. The Morgan fingerprint density at radius 3 is 2.57 bits per heavy atom. The molecule has 1 aromatic carbocycles. The molecule has 0 aromatic heterocycles. The molecule has 1 aliphatic heterocycles. The number of carboxylic acids is 1. The van der Waals surface area contributed by atoms with Crippen molar-refractivity contribution in [3.63, 3.8) is 0 Å². The molecule has 1 aromatic rings. The maximum Gasteiger partial charge on any atom is 0.416 e. The van der Waals surface area contributed by atoms with E-state index < -0.39 is 35.6 Å². The van der Waals surface area contributed by atoms with E-state index in [0.717, 1.165) is 6.07 Å². The number of hydrogen-bond donors (Lipinski definition) is 1. The van der Waals surface area contributed by atoms with E-state index in [1.165, 1.54) is 23.1 Å².